The Morgan fingerprint density at radius 2 is 1.82 bits per heavy atom. The summed E-state index contributed by atoms with van der Waals surface area (Å²) in [6.45, 7) is 3.28. The Kier molecular flexibility index (Phi) is 8.36. The van der Waals surface area contributed by atoms with E-state index in [1.165, 1.54) is 4.68 Å². The van der Waals surface area contributed by atoms with E-state index in [1.807, 2.05) is 49.2 Å². The van der Waals surface area contributed by atoms with E-state index in [2.05, 4.69) is 15.1 Å². The molecule has 0 saturated heterocycles. The minimum atomic E-state index is -4.80. The second-order valence-electron chi connectivity index (χ2n) is 9.53. The first kappa shape index (κ1) is 29.1. The number of rotatable bonds is 9. The Bertz CT molecular complexity index is 1400. The van der Waals surface area contributed by atoms with Gasteiger partial charge >= 0.3 is 15.2 Å². The molecule has 1 saturated carbocycles. The SMILES string of the molecule is Cc1nn([C@@H]2C[C@H](COP(=O)(O)CP(=O)(O)O)[C@@H](O)[C@H]2O)c2nc(Cl)nc(N(C)[C@H](C)c3ccccc3)c12. The molecule has 0 aliphatic heterocycles. The van der Waals surface area contributed by atoms with E-state index in [9.17, 15) is 24.2 Å². The summed E-state index contributed by atoms with van der Waals surface area (Å²) in [7, 11) is -7.55. The minimum absolute atomic E-state index is 0.0349. The Hall–Kier alpha value is -1.92. The van der Waals surface area contributed by atoms with Gasteiger partial charge in [0.1, 0.15) is 11.9 Å². The number of aryl methyl sites for hydroxylation is 1. The van der Waals surface area contributed by atoms with Crippen molar-refractivity contribution >= 4 is 43.6 Å². The Labute approximate surface area is 223 Å². The Morgan fingerprint density at radius 1 is 1.16 bits per heavy atom. The quantitative estimate of drug-likeness (QED) is 0.181. The van der Waals surface area contributed by atoms with Gasteiger partial charge in [0.15, 0.2) is 11.6 Å². The second-order valence-corrected chi connectivity index (χ2v) is 13.9. The van der Waals surface area contributed by atoms with Crippen LogP contribution >= 0.6 is 26.8 Å². The Balaban J connectivity index is 1.63. The maximum atomic E-state index is 12.0. The number of nitrogens with zero attached hydrogens (tertiary/aromatic N) is 5. The van der Waals surface area contributed by atoms with Gasteiger partial charge in [-0.3, -0.25) is 9.13 Å². The standard InChI is InChI=1S/C22H30ClN5O8P2/c1-12-17-20(27(3)13(2)14-7-5-4-6-8-14)24-22(23)25-21(17)28(26-12)16-9-15(18(29)19(16)30)10-36-38(34,35)11-37(31,32)33/h4-8,13,15-16,18-19,29-30H,9-11H2,1-3H3,(H,34,35)(H2,31,32,33)/t13-,15-,16-,18-,19+/m1/s1. The number of hydrogen-bond acceptors (Lipinski definition) is 9. The molecule has 1 aliphatic rings. The Morgan fingerprint density at radius 3 is 2.45 bits per heavy atom. The zero-order valence-electron chi connectivity index (χ0n) is 20.9. The van der Waals surface area contributed by atoms with E-state index in [0.29, 0.717) is 22.5 Å². The van der Waals surface area contributed by atoms with Gasteiger partial charge in [-0.15, -0.1) is 0 Å². The van der Waals surface area contributed by atoms with E-state index in [4.69, 9.17) is 25.9 Å². The van der Waals surface area contributed by atoms with E-state index in [0.717, 1.165) is 5.56 Å². The van der Waals surface area contributed by atoms with E-state index in [1.54, 1.807) is 6.92 Å². The van der Waals surface area contributed by atoms with Crippen molar-refractivity contribution in [2.45, 2.75) is 44.6 Å². The number of hydrogen-bond donors (Lipinski definition) is 5. The highest BCUT2D eigenvalue weighted by molar-refractivity contribution is 7.70. The molecule has 6 atom stereocenters. The maximum Gasteiger partial charge on any atom is 0.340 e. The molecule has 3 aromatic rings. The average molecular weight is 590 g/mol. The molecule has 16 heteroatoms. The van der Waals surface area contributed by atoms with Gasteiger partial charge in [0.2, 0.25) is 5.28 Å². The van der Waals surface area contributed by atoms with E-state index >= 15 is 0 Å². The van der Waals surface area contributed by atoms with Crippen LogP contribution in [0.25, 0.3) is 11.0 Å². The van der Waals surface area contributed by atoms with Crippen LogP contribution in [-0.4, -0.2) is 76.4 Å². The number of benzene rings is 1. The first-order valence-electron chi connectivity index (χ1n) is 11.8. The van der Waals surface area contributed by atoms with Crippen molar-refractivity contribution in [2.24, 2.45) is 5.92 Å². The van der Waals surface area contributed by atoms with Gasteiger partial charge in [0, 0.05) is 13.0 Å². The van der Waals surface area contributed by atoms with Gasteiger partial charge in [0.05, 0.1) is 35.9 Å². The number of fused-ring (bicyclic) bond motifs is 1. The van der Waals surface area contributed by atoms with Crippen LogP contribution < -0.4 is 4.90 Å². The van der Waals surface area contributed by atoms with Crippen LogP contribution in [-0.2, 0) is 13.7 Å². The molecule has 2 heterocycles. The van der Waals surface area contributed by atoms with Crippen molar-refractivity contribution in [1.82, 2.24) is 19.7 Å². The van der Waals surface area contributed by atoms with Crippen molar-refractivity contribution in [2.75, 3.05) is 24.5 Å². The number of anilines is 1. The van der Waals surface area contributed by atoms with Crippen LogP contribution in [0.3, 0.4) is 0 Å². The van der Waals surface area contributed by atoms with Gasteiger partial charge in [-0.1, -0.05) is 30.3 Å². The fourth-order valence-electron chi connectivity index (χ4n) is 4.78. The lowest BCUT2D eigenvalue weighted by atomic mass is 10.1. The topological polar surface area (TPSA) is 191 Å². The number of aliphatic hydroxyl groups is 2. The number of halogens is 1. The van der Waals surface area contributed by atoms with Gasteiger partial charge < -0.3 is 34.3 Å². The van der Waals surface area contributed by atoms with Gasteiger partial charge in [-0.05, 0) is 37.4 Å². The first-order valence-corrected chi connectivity index (χ1v) is 15.7. The summed E-state index contributed by atoms with van der Waals surface area (Å²) >= 11 is 6.31. The lowest BCUT2D eigenvalue weighted by Crippen LogP contribution is -2.31. The molecule has 2 aromatic heterocycles. The number of aliphatic hydroxyl groups excluding tert-OH is 2. The molecular formula is C22H30ClN5O8P2. The summed E-state index contributed by atoms with van der Waals surface area (Å²) in [5.41, 5.74) is 1.97. The zero-order chi connectivity index (χ0) is 28.0. The molecule has 0 amide bonds. The number of aromatic nitrogens is 4. The summed E-state index contributed by atoms with van der Waals surface area (Å²) in [5, 5.41) is 26.6. The van der Waals surface area contributed by atoms with Gasteiger partial charge in [-0.2, -0.15) is 15.1 Å². The molecular weight excluding hydrogens is 560 g/mol. The molecule has 1 aromatic carbocycles. The predicted molar refractivity (Wildman–Crippen MR) is 140 cm³/mol. The van der Waals surface area contributed by atoms with Crippen molar-refractivity contribution in [1.29, 1.82) is 0 Å². The summed E-state index contributed by atoms with van der Waals surface area (Å²) < 4.78 is 29.5. The largest absolute Gasteiger partial charge is 0.390 e. The molecule has 13 nitrogen and oxygen atoms in total. The zero-order valence-corrected chi connectivity index (χ0v) is 23.4. The molecule has 1 fully saturated rings. The van der Waals surface area contributed by atoms with Crippen molar-refractivity contribution in [3.05, 3.63) is 46.9 Å². The van der Waals surface area contributed by atoms with E-state index in [-0.39, 0.29) is 17.7 Å². The smallest absolute Gasteiger partial charge is 0.340 e. The molecule has 1 aliphatic carbocycles. The summed E-state index contributed by atoms with van der Waals surface area (Å²) in [6, 6.07) is 8.96. The highest BCUT2D eigenvalue weighted by atomic mass is 35.5. The second kappa shape index (κ2) is 10.9. The predicted octanol–water partition coefficient (Wildman–Crippen LogP) is 2.61. The molecule has 38 heavy (non-hydrogen) atoms. The monoisotopic (exact) mass is 589 g/mol. The minimum Gasteiger partial charge on any atom is -0.390 e. The van der Waals surface area contributed by atoms with Crippen LogP contribution in [0.2, 0.25) is 5.28 Å². The highest BCUT2D eigenvalue weighted by Gasteiger charge is 2.45. The lowest BCUT2D eigenvalue weighted by Gasteiger charge is -2.27. The molecule has 0 radical (unpaired) electrons. The fourth-order valence-corrected chi connectivity index (χ4v) is 7.55. The first-order chi connectivity index (χ1) is 17.7. The van der Waals surface area contributed by atoms with Crippen LogP contribution in [0.1, 0.15) is 36.7 Å². The molecule has 1 unspecified atom stereocenters. The van der Waals surface area contributed by atoms with Crippen molar-refractivity contribution in [3.63, 3.8) is 0 Å². The van der Waals surface area contributed by atoms with Crippen LogP contribution in [0.15, 0.2) is 30.3 Å². The van der Waals surface area contributed by atoms with Crippen LogP contribution in [0.4, 0.5) is 5.82 Å². The third-order valence-electron chi connectivity index (χ3n) is 6.82. The van der Waals surface area contributed by atoms with Crippen molar-refractivity contribution < 1.29 is 38.5 Å². The van der Waals surface area contributed by atoms with Crippen LogP contribution in [0.5, 0.6) is 0 Å². The van der Waals surface area contributed by atoms with E-state index < -0.39 is 51.9 Å². The summed E-state index contributed by atoms with van der Waals surface area (Å²) in [6.07, 6.45) is -2.60. The van der Waals surface area contributed by atoms with Gasteiger partial charge in [-0.25, -0.2) is 4.68 Å². The summed E-state index contributed by atoms with van der Waals surface area (Å²) in [5.74, 6) is -1.62. The highest BCUT2D eigenvalue weighted by Crippen LogP contribution is 2.56. The average Bonchev–Trinajstić information content (AvgIpc) is 3.31. The molecule has 208 valence electrons. The normalized spacial score (nSPS) is 24.4. The van der Waals surface area contributed by atoms with Crippen LogP contribution in [0, 0.1) is 12.8 Å². The lowest BCUT2D eigenvalue weighted by molar-refractivity contribution is -0.00345. The molecule has 0 bridgehead atoms. The van der Waals surface area contributed by atoms with Gasteiger partial charge in [0.25, 0.3) is 0 Å². The maximum absolute atomic E-state index is 12.0. The molecule has 0 spiro atoms. The third kappa shape index (κ3) is 6.12. The third-order valence-corrected chi connectivity index (χ3v) is 10.4. The summed E-state index contributed by atoms with van der Waals surface area (Å²) in [4.78, 5) is 38.5. The molecule has 5 N–H and O–H groups in total. The molecule has 4 rings (SSSR count). The fraction of sp³-hybridized carbons (Fsp3) is 0.500. The van der Waals surface area contributed by atoms with Crippen molar-refractivity contribution in [3.8, 4) is 0 Å².